The van der Waals surface area contributed by atoms with Gasteiger partial charge in [0.2, 0.25) is 0 Å². The molecule has 1 aromatic rings. The number of halogens is 2. The van der Waals surface area contributed by atoms with E-state index in [1.54, 1.807) is 0 Å². The number of alkyl halides is 1. The normalized spacial score (nSPS) is 11.4. The van der Waals surface area contributed by atoms with Crippen LogP contribution in [0, 0.1) is 12.3 Å². The van der Waals surface area contributed by atoms with E-state index in [0.717, 1.165) is 28.4 Å². The molecule has 1 amide bonds. The number of hydrogen-bond acceptors (Lipinski definition) is 1. The lowest BCUT2D eigenvalue weighted by Crippen LogP contribution is -2.34. The van der Waals surface area contributed by atoms with Gasteiger partial charge in [-0.1, -0.05) is 35.8 Å². The van der Waals surface area contributed by atoms with Crippen LogP contribution in [0.4, 0.5) is 0 Å². The van der Waals surface area contributed by atoms with Crippen LogP contribution in [0.15, 0.2) is 22.7 Å². The maximum atomic E-state index is 12.2. The summed E-state index contributed by atoms with van der Waals surface area (Å²) in [5.74, 6) is 0.653. The predicted molar refractivity (Wildman–Crippen MR) is 84.9 cm³/mol. The van der Waals surface area contributed by atoms with E-state index in [9.17, 15) is 4.79 Å². The molecule has 0 heterocycles. The molecule has 0 saturated heterocycles. The summed E-state index contributed by atoms with van der Waals surface area (Å²) in [6.07, 6.45) is 1.98. The van der Waals surface area contributed by atoms with Gasteiger partial charge in [-0.3, -0.25) is 4.79 Å². The van der Waals surface area contributed by atoms with Gasteiger partial charge < -0.3 is 5.32 Å². The van der Waals surface area contributed by atoms with Crippen molar-refractivity contribution < 1.29 is 4.79 Å². The van der Waals surface area contributed by atoms with E-state index >= 15 is 0 Å². The molecule has 0 saturated carbocycles. The van der Waals surface area contributed by atoms with E-state index in [0.29, 0.717) is 12.4 Å². The first-order valence-electron chi connectivity index (χ1n) is 6.47. The van der Waals surface area contributed by atoms with Gasteiger partial charge in [-0.15, -0.1) is 11.6 Å². The minimum absolute atomic E-state index is 0.0160. The first-order valence-corrected chi connectivity index (χ1v) is 7.79. The Labute approximate surface area is 129 Å². The molecule has 0 spiro atoms. The number of hydrogen-bond donors (Lipinski definition) is 1. The molecule has 0 aliphatic rings. The summed E-state index contributed by atoms with van der Waals surface area (Å²) >= 11 is 9.16. The van der Waals surface area contributed by atoms with Gasteiger partial charge in [-0.2, -0.15) is 0 Å². The van der Waals surface area contributed by atoms with Gasteiger partial charge in [-0.05, 0) is 42.9 Å². The first kappa shape index (κ1) is 16.5. The van der Waals surface area contributed by atoms with Gasteiger partial charge in [0, 0.05) is 22.5 Å². The summed E-state index contributed by atoms with van der Waals surface area (Å²) in [7, 11) is 0. The molecule has 1 rings (SSSR count). The molecule has 4 heteroatoms. The van der Waals surface area contributed by atoms with Crippen molar-refractivity contribution in [3.05, 3.63) is 33.8 Å². The molecule has 0 radical (unpaired) electrons. The summed E-state index contributed by atoms with van der Waals surface area (Å²) in [4.78, 5) is 12.2. The zero-order chi connectivity index (χ0) is 14.5. The van der Waals surface area contributed by atoms with Crippen LogP contribution >= 0.6 is 27.5 Å². The van der Waals surface area contributed by atoms with Crippen LogP contribution in [0.25, 0.3) is 0 Å². The van der Waals surface area contributed by atoms with Crippen molar-refractivity contribution in [2.45, 2.75) is 33.6 Å². The second kappa shape index (κ2) is 7.30. The highest BCUT2D eigenvalue weighted by Crippen LogP contribution is 2.23. The third-order valence-corrected chi connectivity index (χ3v) is 4.35. The maximum absolute atomic E-state index is 12.2. The summed E-state index contributed by atoms with van der Waals surface area (Å²) in [6.45, 7) is 6.90. The highest BCUT2D eigenvalue weighted by molar-refractivity contribution is 9.10. The van der Waals surface area contributed by atoms with Crippen molar-refractivity contribution in [1.29, 1.82) is 0 Å². The molecule has 1 N–H and O–H groups in total. The number of nitrogens with one attached hydrogen (secondary N) is 1. The summed E-state index contributed by atoms with van der Waals surface area (Å²) in [6, 6.07) is 5.67. The smallest absolute Gasteiger partial charge is 0.251 e. The highest BCUT2D eigenvalue weighted by atomic mass is 79.9. The van der Waals surface area contributed by atoms with Gasteiger partial charge in [0.05, 0.1) is 0 Å². The Morgan fingerprint density at radius 2 is 2.11 bits per heavy atom. The zero-order valence-electron chi connectivity index (χ0n) is 11.7. The van der Waals surface area contributed by atoms with E-state index in [1.165, 1.54) is 0 Å². The van der Waals surface area contributed by atoms with Crippen LogP contribution in [0.2, 0.25) is 0 Å². The molecule has 0 unspecified atom stereocenters. The van der Waals surface area contributed by atoms with Gasteiger partial charge in [0.1, 0.15) is 0 Å². The second-order valence-corrected chi connectivity index (χ2v) is 6.78. The van der Waals surface area contributed by atoms with Crippen LogP contribution in [0.1, 0.15) is 42.6 Å². The molecule has 0 aromatic heterocycles. The standard InChI is InChI=1S/C15H21BrClNO/c1-11-12(6-4-7-13(11)16)14(19)18-10-15(2,3)8-5-9-17/h4,6-7H,5,8-10H2,1-3H3,(H,18,19). The summed E-state index contributed by atoms with van der Waals surface area (Å²) in [5, 5.41) is 3.01. The topological polar surface area (TPSA) is 29.1 Å². The number of benzene rings is 1. The van der Waals surface area contributed by atoms with Crippen LogP contribution in [-0.2, 0) is 0 Å². The van der Waals surface area contributed by atoms with Crippen LogP contribution in [-0.4, -0.2) is 18.3 Å². The molecular formula is C15H21BrClNO. The highest BCUT2D eigenvalue weighted by Gasteiger charge is 2.19. The minimum Gasteiger partial charge on any atom is -0.351 e. The molecule has 0 atom stereocenters. The van der Waals surface area contributed by atoms with Crippen LogP contribution in [0.3, 0.4) is 0 Å². The van der Waals surface area contributed by atoms with Crippen LogP contribution < -0.4 is 5.32 Å². The molecule has 2 nitrogen and oxygen atoms in total. The molecule has 0 aliphatic carbocycles. The lowest BCUT2D eigenvalue weighted by atomic mass is 9.88. The second-order valence-electron chi connectivity index (χ2n) is 5.55. The Morgan fingerprint density at radius 1 is 1.42 bits per heavy atom. The van der Waals surface area contributed by atoms with Gasteiger partial charge in [0.25, 0.3) is 5.91 Å². The van der Waals surface area contributed by atoms with Gasteiger partial charge >= 0.3 is 0 Å². The molecule has 0 fully saturated rings. The number of carbonyl (C=O) groups excluding carboxylic acids is 1. The fourth-order valence-electron chi connectivity index (χ4n) is 1.90. The number of rotatable bonds is 6. The molecule has 1 aromatic carbocycles. The predicted octanol–water partition coefficient (Wildman–Crippen LogP) is 4.53. The Bertz CT molecular complexity index is 446. The zero-order valence-corrected chi connectivity index (χ0v) is 14.1. The van der Waals surface area contributed by atoms with E-state index in [1.807, 2.05) is 25.1 Å². The van der Waals surface area contributed by atoms with Crippen molar-refractivity contribution in [1.82, 2.24) is 5.32 Å². The van der Waals surface area contributed by atoms with Gasteiger partial charge in [-0.25, -0.2) is 0 Å². The minimum atomic E-state index is -0.0160. The van der Waals surface area contributed by atoms with E-state index in [-0.39, 0.29) is 11.3 Å². The maximum Gasteiger partial charge on any atom is 0.251 e. The average molecular weight is 347 g/mol. The van der Waals surface area contributed by atoms with Gasteiger partial charge in [0.15, 0.2) is 0 Å². The van der Waals surface area contributed by atoms with E-state index < -0.39 is 0 Å². The van der Waals surface area contributed by atoms with Crippen molar-refractivity contribution in [3.8, 4) is 0 Å². The Hall–Kier alpha value is -0.540. The quantitative estimate of drug-likeness (QED) is 0.753. The van der Waals surface area contributed by atoms with Crippen molar-refractivity contribution >= 4 is 33.4 Å². The van der Waals surface area contributed by atoms with E-state index in [4.69, 9.17) is 11.6 Å². The molecule has 106 valence electrons. The first-order chi connectivity index (χ1) is 8.87. The van der Waals surface area contributed by atoms with E-state index in [2.05, 4.69) is 35.1 Å². The molecule has 19 heavy (non-hydrogen) atoms. The molecule has 0 aliphatic heterocycles. The lowest BCUT2D eigenvalue weighted by Gasteiger charge is -2.24. The van der Waals surface area contributed by atoms with Crippen molar-refractivity contribution in [2.24, 2.45) is 5.41 Å². The fourth-order valence-corrected chi connectivity index (χ4v) is 2.40. The molecular weight excluding hydrogens is 326 g/mol. The van der Waals surface area contributed by atoms with Crippen LogP contribution in [0.5, 0.6) is 0 Å². The average Bonchev–Trinajstić information content (AvgIpc) is 2.37. The van der Waals surface area contributed by atoms with Crippen molar-refractivity contribution in [3.63, 3.8) is 0 Å². The third-order valence-electron chi connectivity index (χ3n) is 3.23. The lowest BCUT2D eigenvalue weighted by molar-refractivity contribution is 0.0934. The SMILES string of the molecule is Cc1c(Br)cccc1C(=O)NCC(C)(C)CCCCl. The Kier molecular flexibility index (Phi) is 6.34. The molecule has 0 bridgehead atoms. The fraction of sp³-hybridized carbons (Fsp3) is 0.533. The number of amides is 1. The van der Waals surface area contributed by atoms with Crippen molar-refractivity contribution in [2.75, 3.05) is 12.4 Å². The summed E-state index contributed by atoms with van der Waals surface area (Å²) < 4.78 is 0.960. The number of carbonyl (C=O) groups is 1. The largest absolute Gasteiger partial charge is 0.351 e. The Morgan fingerprint density at radius 3 is 2.74 bits per heavy atom. The third kappa shape index (κ3) is 5.15. The summed E-state index contributed by atoms with van der Waals surface area (Å²) in [5.41, 5.74) is 1.77. The Balaban J connectivity index is 2.63. The monoisotopic (exact) mass is 345 g/mol.